The summed E-state index contributed by atoms with van der Waals surface area (Å²) in [4.78, 5) is 26.6. The second-order valence-electron chi connectivity index (χ2n) is 8.34. The van der Waals surface area contributed by atoms with Crippen molar-refractivity contribution in [2.75, 3.05) is 13.1 Å². The van der Waals surface area contributed by atoms with Crippen LogP contribution in [0.3, 0.4) is 0 Å². The van der Waals surface area contributed by atoms with Crippen molar-refractivity contribution >= 4 is 11.9 Å². The van der Waals surface area contributed by atoms with E-state index in [-0.39, 0.29) is 5.41 Å². The Morgan fingerprint density at radius 1 is 1.23 bits per heavy atom. The molecule has 3 rings (SSSR count). The number of carbonyl (C=O) groups excluding carboxylic acids is 2. The summed E-state index contributed by atoms with van der Waals surface area (Å²) in [5, 5.41) is 14.1. The summed E-state index contributed by atoms with van der Waals surface area (Å²) in [5.41, 5.74) is -0.784. The number of urea groups is 1. The summed E-state index contributed by atoms with van der Waals surface area (Å²) in [7, 11) is 0. The van der Waals surface area contributed by atoms with Gasteiger partial charge in [-0.2, -0.15) is 5.26 Å². The third-order valence-electron chi connectivity index (χ3n) is 5.89. The summed E-state index contributed by atoms with van der Waals surface area (Å²) < 4.78 is 27.0. The predicted molar refractivity (Wildman–Crippen MR) is 90.4 cm³/mol. The lowest BCUT2D eigenvalue weighted by Crippen LogP contribution is -2.54. The summed E-state index contributed by atoms with van der Waals surface area (Å²) in [6.45, 7) is 1.93. The van der Waals surface area contributed by atoms with Gasteiger partial charge in [0.1, 0.15) is 11.6 Å². The molecular weight excluding hydrogens is 342 g/mol. The van der Waals surface area contributed by atoms with Gasteiger partial charge in [-0.15, -0.1) is 0 Å². The molecule has 1 spiro atoms. The van der Waals surface area contributed by atoms with E-state index >= 15 is 0 Å². The highest BCUT2D eigenvalue weighted by atomic mass is 19.3. The van der Waals surface area contributed by atoms with Crippen molar-refractivity contribution in [2.45, 2.75) is 75.8 Å². The summed E-state index contributed by atoms with van der Waals surface area (Å²) in [6.07, 6.45) is 5.68. The molecule has 3 fully saturated rings. The zero-order chi connectivity index (χ0) is 19.0. The van der Waals surface area contributed by atoms with Gasteiger partial charge in [-0.05, 0) is 44.4 Å². The monoisotopic (exact) mass is 368 g/mol. The average molecular weight is 368 g/mol. The van der Waals surface area contributed by atoms with Crippen molar-refractivity contribution in [3.05, 3.63) is 0 Å². The number of hydrogen-bond acceptors (Lipinski definition) is 3. The summed E-state index contributed by atoms with van der Waals surface area (Å²) in [5.74, 6) is -3.82. The fourth-order valence-electron chi connectivity index (χ4n) is 4.16. The van der Waals surface area contributed by atoms with Gasteiger partial charge >= 0.3 is 6.03 Å². The molecule has 3 amide bonds. The first kappa shape index (κ1) is 18.9. The number of alkyl halides is 2. The molecule has 26 heavy (non-hydrogen) atoms. The minimum absolute atomic E-state index is 0.169. The SMILES string of the molecule is CC(F)(F)C[C@H](NC(=O)N1CCC2(CCCC2)C1)C(=O)NC1(C#N)CC1. The molecule has 0 radical (unpaired) electrons. The number of rotatable bonds is 5. The van der Waals surface area contributed by atoms with E-state index in [0.717, 1.165) is 26.2 Å². The first-order valence-electron chi connectivity index (χ1n) is 9.33. The number of halogens is 2. The third kappa shape index (κ3) is 4.25. The highest BCUT2D eigenvalue weighted by Gasteiger charge is 2.47. The summed E-state index contributed by atoms with van der Waals surface area (Å²) in [6, 6.07) is 0.174. The van der Waals surface area contributed by atoms with Gasteiger partial charge in [-0.25, -0.2) is 13.6 Å². The van der Waals surface area contributed by atoms with Crippen LogP contribution in [-0.2, 0) is 4.79 Å². The number of hydrogen-bond donors (Lipinski definition) is 2. The normalized spacial score (nSPS) is 24.2. The van der Waals surface area contributed by atoms with Crippen LogP contribution in [0.5, 0.6) is 0 Å². The Labute approximate surface area is 152 Å². The molecule has 8 heteroatoms. The minimum atomic E-state index is -3.10. The first-order valence-corrected chi connectivity index (χ1v) is 9.33. The van der Waals surface area contributed by atoms with Crippen molar-refractivity contribution < 1.29 is 18.4 Å². The molecule has 0 aromatic carbocycles. The molecule has 0 aromatic heterocycles. The minimum Gasteiger partial charge on any atom is -0.336 e. The van der Waals surface area contributed by atoms with Crippen LogP contribution in [0.25, 0.3) is 0 Å². The zero-order valence-corrected chi connectivity index (χ0v) is 15.1. The van der Waals surface area contributed by atoms with Crippen molar-refractivity contribution in [1.82, 2.24) is 15.5 Å². The van der Waals surface area contributed by atoms with Crippen molar-refractivity contribution in [2.24, 2.45) is 5.41 Å². The maximum atomic E-state index is 13.5. The Kier molecular flexibility index (Phi) is 4.84. The van der Waals surface area contributed by atoms with E-state index in [0.29, 0.717) is 25.9 Å². The summed E-state index contributed by atoms with van der Waals surface area (Å²) >= 11 is 0. The molecule has 2 N–H and O–H groups in total. The smallest absolute Gasteiger partial charge is 0.318 e. The van der Waals surface area contributed by atoms with E-state index in [1.165, 1.54) is 12.8 Å². The number of carbonyl (C=O) groups is 2. The average Bonchev–Trinajstić information content (AvgIpc) is 3.00. The first-order chi connectivity index (χ1) is 12.2. The topological polar surface area (TPSA) is 85.2 Å². The maximum Gasteiger partial charge on any atom is 0.318 e. The lowest BCUT2D eigenvalue weighted by Gasteiger charge is -2.27. The molecular formula is C18H26F2N4O2. The van der Waals surface area contributed by atoms with Crippen molar-refractivity contribution in [1.29, 1.82) is 5.26 Å². The van der Waals surface area contributed by atoms with Gasteiger partial charge in [-0.3, -0.25) is 4.79 Å². The van der Waals surface area contributed by atoms with Crippen LogP contribution in [0.1, 0.15) is 58.3 Å². The molecule has 144 valence electrons. The fraction of sp³-hybridized carbons (Fsp3) is 0.833. The zero-order valence-electron chi connectivity index (χ0n) is 15.1. The Hall–Kier alpha value is -1.91. The van der Waals surface area contributed by atoms with Crippen LogP contribution < -0.4 is 10.6 Å². The van der Waals surface area contributed by atoms with Crippen molar-refractivity contribution in [3.63, 3.8) is 0 Å². The molecule has 2 saturated carbocycles. The second kappa shape index (κ2) is 6.67. The number of amides is 3. The van der Waals surface area contributed by atoms with Crippen molar-refractivity contribution in [3.8, 4) is 6.07 Å². The van der Waals surface area contributed by atoms with Gasteiger partial charge in [-0.1, -0.05) is 12.8 Å². The van der Waals surface area contributed by atoms with E-state index < -0.39 is 35.9 Å². The molecule has 3 aliphatic rings. The number of nitrogens with one attached hydrogen (secondary N) is 2. The van der Waals surface area contributed by atoms with Gasteiger partial charge in [0.2, 0.25) is 11.8 Å². The van der Waals surface area contributed by atoms with Crippen LogP contribution in [0, 0.1) is 16.7 Å². The Morgan fingerprint density at radius 3 is 2.42 bits per heavy atom. The molecule has 1 atom stereocenters. The molecule has 2 aliphatic carbocycles. The van der Waals surface area contributed by atoms with E-state index in [1.807, 2.05) is 6.07 Å². The molecule has 0 unspecified atom stereocenters. The maximum absolute atomic E-state index is 13.5. The molecule has 0 aromatic rings. The van der Waals surface area contributed by atoms with Gasteiger partial charge in [0, 0.05) is 19.5 Å². The standard InChI is InChI=1S/C18H26F2N4O2/c1-16(19,20)10-13(14(25)23-18(11-21)6-7-18)22-15(26)24-9-8-17(12-24)4-2-3-5-17/h13H,2-10,12H2,1H3,(H,22,26)(H,23,25)/t13-/m0/s1. The van der Waals surface area contributed by atoms with Crippen LogP contribution in [0.15, 0.2) is 0 Å². The highest BCUT2D eigenvalue weighted by Crippen LogP contribution is 2.45. The Balaban J connectivity index is 1.62. The van der Waals surface area contributed by atoms with Crippen LogP contribution in [0.4, 0.5) is 13.6 Å². The van der Waals surface area contributed by atoms with E-state index in [4.69, 9.17) is 5.26 Å². The Bertz CT molecular complexity index is 616. The van der Waals surface area contributed by atoms with Crippen LogP contribution in [0.2, 0.25) is 0 Å². The molecule has 1 saturated heterocycles. The van der Waals surface area contributed by atoms with Gasteiger partial charge in [0.25, 0.3) is 0 Å². The highest BCUT2D eigenvalue weighted by molar-refractivity contribution is 5.88. The predicted octanol–water partition coefficient (Wildman–Crippen LogP) is 2.55. The lowest BCUT2D eigenvalue weighted by molar-refractivity contribution is -0.126. The van der Waals surface area contributed by atoms with Crippen LogP contribution in [-0.4, -0.2) is 47.4 Å². The Morgan fingerprint density at radius 2 is 1.88 bits per heavy atom. The third-order valence-corrected chi connectivity index (χ3v) is 5.89. The number of likely N-dealkylation sites (tertiary alicyclic amines) is 1. The second-order valence-corrected chi connectivity index (χ2v) is 8.34. The molecule has 0 bridgehead atoms. The number of nitriles is 1. The number of nitrogens with zero attached hydrogens (tertiary/aromatic N) is 2. The van der Waals surface area contributed by atoms with E-state index in [1.54, 1.807) is 4.90 Å². The van der Waals surface area contributed by atoms with Gasteiger partial charge < -0.3 is 15.5 Å². The molecule has 6 nitrogen and oxygen atoms in total. The quantitative estimate of drug-likeness (QED) is 0.782. The fourth-order valence-corrected chi connectivity index (χ4v) is 4.16. The van der Waals surface area contributed by atoms with E-state index in [2.05, 4.69) is 10.6 Å². The lowest BCUT2D eigenvalue weighted by atomic mass is 9.86. The van der Waals surface area contributed by atoms with E-state index in [9.17, 15) is 18.4 Å². The largest absolute Gasteiger partial charge is 0.336 e. The van der Waals surface area contributed by atoms with Gasteiger partial charge in [0.05, 0.1) is 6.07 Å². The molecule has 1 aliphatic heterocycles. The van der Waals surface area contributed by atoms with Crippen LogP contribution >= 0.6 is 0 Å². The van der Waals surface area contributed by atoms with Gasteiger partial charge in [0.15, 0.2) is 0 Å². The molecule has 1 heterocycles.